The number of benzene rings is 1. The van der Waals surface area contributed by atoms with Crippen molar-refractivity contribution in [2.75, 3.05) is 13.1 Å². The van der Waals surface area contributed by atoms with E-state index in [1.165, 1.54) is 0 Å². The number of halogens is 1. The number of carbonyl (C=O) groups excluding carboxylic acids is 1. The Morgan fingerprint density at radius 1 is 1.26 bits per heavy atom. The summed E-state index contributed by atoms with van der Waals surface area (Å²) in [4.78, 5) is 23.2. The summed E-state index contributed by atoms with van der Waals surface area (Å²) in [7, 11) is 0. The molecular formula is C24H29ClN4O2. The summed E-state index contributed by atoms with van der Waals surface area (Å²) in [5.74, 6) is 0.299. The Labute approximate surface area is 188 Å². The van der Waals surface area contributed by atoms with E-state index in [9.17, 15) is 4.79 Å². The van der Waals surface area contributed by atoms with Crippen LogP contribution in [0.3, 0.4) is 0 Å². The number of aryl methyl sites for hydroxylation is 1. The van der Waals surface area contributed by atoms with Crippen LogP contribution in [-0.2, 0) is 11.3 Å². The molecule has 0 N–H and O–H groups in total. The van der Waals surface area contributed by atoms with Crippen LogP contribution in [0.2, 0.25) is 5.28 Å². The topological polar surface area (TPSA) is 60.2 Å². The highest BCUT2D eigenvalue weighted by atomic mass is 35.5. The summed E-state index contributed by atoms with van der Waals surface area (Å²) in [5.41, 5.74) is 3.74. The Balaban J connectivity index is 1.68. The second-order valence-corrected chi connectivity index (χ2v) is 9.60. The molecular weight excluding hydrogens is 412 g/mol. The van der Waals surface area contributed by atoms with E-state index in [1.807, 2.05) is 43.9 Å². The molecule has 3 aromatic rings. The average molecular weight is 441 g/mol. The minimum absolute atomic E-state index is 0.237. The molecule has 6 nitrogen and oxygen atoms in total. The largest absolute Gasteiger partial charge is 0.444 e. The first kappa shape index (κ1) is 21.6. The number of likely N-dealkylation sites (tertiary alicyclic amines) is 1. The van der Waals surface area contributed by atoms with Crippen LogP contribution in [0.25, 0.3) is 22.3 Å². The van der Waals surface area contributed by atoms with Gasteiger partial charge in [-0.15, -0.1) is 0 Å². The number of amides is 1. The molecule has 1 saturated heterocycles. The zero-order chi connectivity index (χ0) is 22.2. The van der Waals surface area contributed by atoms with E-state index in [-0.39, 0.29) is 11.4 Å². The van der Waals surface area contributed by atoms with Crippen molar-refractivity contribution in [2.24, 2.45) is 5.92 Å². The molecule has 0 saturated carbocycles. The highest BCUT2D eigenvalue weighted by molar-refractivity contribution is 6.28. The fourth-order valence-electron chi connectivity index (χ4n) is 4.37. The number of hydrogen-bond acceptors (Lipinski definition) is 4. The summed E-state index contributed by atoms with van der Waals surface area (Å²) in [6, 6.07) is 10.3. The first-order valence-electron chi connectivity index (χ1n) is 10.8. The smallest absolute Gasteiger partial charge is 0.410 e. The molecule has 164 valence electrons. The molecule has 0 radical (unpaired) electrons. The number of hydrogen-bond donors (Lipinski definition) is 0. The summed E-state index contributed by atoms with van der Waals surface area (Å²) >= 11 is 6.16. The van der Waals surface area contributed by atoms with Crippen molar-refractivity contribution in [1.82, 2.24) is 19.4 Å². The Kier molecular flexibility index (Phi) is 5.93. The zero-order valence-corrected chi connectivity index (χ0v) is 19.3. The van der Waals surface area contributed by atoms with Gasteiger partial charge in [0.2, 0.25) is 5.28 Å². The van der Waals surface area contributed by atoms with Crippen LogP contribution < -0.4 is 0 Å². The number of carbonyl (C=O) groups is 1. The van der Waals surface area contributed by atoms with Crippen molar-refractivity contribution in [3.63, 3.8) is 0 Å². The minimum atomic E-state index is -0.494. The fraction of sp³-hybridized carbons (Fsp3) is 0.458. The van der Waals surface area contributed by atoms with Gasteiger partial charge in [-0.05, 0) is 69.2 Å². The molecule has 1 fully saturated rings. The van der Waals surface area contributed by atoms with Crippen LogP contribution in [0.4, 0.5) is 4.79 Å². The lowest BCUT2D eigenvalue weighted by Gasteiger charge is -2.34. The number of rotatable bonds is 3. The van der Waals surface area contributed by atoms with E-state index in [0.717, 1.165) is 53.8 Å². The predicted molar refractivity (Wildman–Crippen MR) is 123 cm³/mol. The lowest BCUT2D eigenvalue weighted by Crippen LogP contribution is -2.43. The third-order valence-electron chi connectivity index (χ3n) is 5.68. The lowest BCUT2D eigenvalue weighted by atomic mass is 9.98. The van der Waals surface area contributed by atoms with Gasteiger partial charge >= 0.3 is 6.09 Å². The Morgan fingerprint density at radius 2 is 2.00 bits per heavy atom. The van der Waals surface area contributed by atoms with Gasteiger partial charge in [0.1, 0.15) is 11.2 Å². The van der Waals surface area contributed by atoms with E-state index in [4.69, 9.17) is 16.3 Å². The van der Waals surface area contributed by atoms with Gasteiger partial charge < -0.3 is 14.2 Å². The molecule has 1 aliphatic heterocycles. The highest BCUT2D eigenvalue weighted by Gasteiger charge is 2.29. The maximum absolute atomic E-state index is 12.6. The van der Waals surface area contributed by atoms with Gasteiger partial charge in [0, 0.05) is 31.2 Å². The number of aromatic nitrogens is 3. The second kappa shape index (κ2) is 8.50. The third kappa shape index (κ3) is 4.69. The Morgan fingerprint density at radius 3 is 2.71 bits per heavy atom. The molecule has 4 rings (SSSR count). The van der Waals surface area contributed by atoms with Crippen molar-refractivity contribution < 1.29 is 9.53 Å². The maximum Gasteiger partial charge on any atom is 0.410 e. The van der Waals surface area contributed by atoms with Crippen LogP contribution in [0.5, 0.6) is 0 Å². The van der Waals surface area contributed by atoms with Gasteiger partial charge in [-0.25, -0.2) is 9.78 Å². The number of fused-ring (bicyclic) bond motifs is 1. The van der Waals surface area contributed by atoms with Gasteiger partial charge in [0.15, 0.2) is 0 Å². The minimum Gasteiger partial charge on any atom is -0.444 e. The van der Waals surface area contributed by atoms with Crippen molar-refractivity contribution in [3.05, 3.63) is 47.4 Å². The second-order valence-electron chi connectivity index (χ2n) is 9.26. The summed E-state index contributed by atoms with van der Waals surface area (Å²) in [6.07, 6.45) is 3.57. The molecule has 7 heteroatoms. The van der Waals surface area contributed by atoms with Gasteiger partial charge in [0.05, 0.1) is 5.69 Å². The average Bonchev–Trinajstić information content (AvgIpc) is 2.98. The van der Waals surface area contributed by atoms with Gasteiger partial charge in [-0.2, -0.15) is 4.98 Å². The van der Waals surface area contributed by atoms with Crippen LogP contribution in [0.15, 0.2) is 36.5 Å². The van der Waals surface area contributed by atoms with Crippen molar-refractivity contribution in [2.45, 2.75) is 52.7 Å². The van der Waals surface area contributed by atoms with Crippen molar-refractivity contribution in [1.29, 1.82) is 0 Å². The number of nitrogens with zero attached hydrogens (tertiary/aromatic N) is 4. The van der Waals surface area contributed by atoms with E-state index >= 15 is 0 Å². The van der Waals surface area contributed by atoms with Crippen LogP contribution in [0, 0.1) is 12.8 Å². The van der Waals surface area contributed by atoms with E-state index in [0.29, 0.717) is 12.5 Å². The summed E-state index contributed by atoms with van der Waals surface area (Å²) < 4.78 is 7.85. The number of piperidine rings is 1. The molecule has 1 amide bonds. The monoisotopic (exact) mass is 440 g/mol. The SMILES string of the molecule is Cc1c(-c2ccccc2)n(C[C@@H]2CCCN(C(=O)OC(C)(C)C)C2)c2nc(Cl)ncc12. The van der Waals surface area contributed by atoms with E-state index in [1.54, 1.807) is 6.20 Å². The zero-order valence-electron chi connectivity index (χ0n) is 18.6. The van der Waals surface area contributed by atoms with E-state index < -0.39 is 5.60 Å². The third-order valence-corrected chi connectivity index (χ3v) is 5.86. The molecule has 31 heavy (non-hydrogen) atoms. The first-order chi connectivity index (χ1) is 14.7. The lowest BCUT2D eigenvalue weighted by molar-refractivity contribution is 0.0158. The maximum atomic E-state index is 12.6. The molecule has 1 aromatic carbocycles. The molecule has 0 spiro atoms. The predicted octanol–water partition coefficient (Wildman–Crippen LogP) is 5.71. The Hall–Kier alpha value is -2.60. The standard InChI is InChI=1S/C24H29ClN4O2/c1-16-19-13-26-22(25)27-21(19)29(20(16)18-10-6-5-7-11-18)15-17-9-8-12-28(14-17)23(30)31-24(2,3)4/h5-7,10-11,13,17H,8-9,12,14-15H2,1-4H3/t17-/m1/s1. The molecule has 0 aliphatic carbocycles. The van der Waals surface area contributed by atoms with Gasteiger partial charge in [0.25, 0.3) is 0 Å². The molecule has 2 aromatic heterocycles. The first-order valence-corrected chi connectivity index (χ1v) is 11.2. The molecule has 3 heterocycles. The molecule has 1 atom stereocenters. The Bertz CT molecular complexity index is 1090. The molecule has 1 aliphatic rings. The van der Waals surface area contributed by atoms with Crippen molar-refractivity contribution in [3.8, 4) is 11.3 Å². The normalized spacial score (nSPS) is 17.2. The number of ether oxygens (including phenoxy) is 1. The highest BCUT2D eigenvalue weighted by Crippen LogP contribution is 2.34. The van der Waals surface area contributed by atoms with Crippen LogP contribution in [0.1, 0.15) is 39.2 Å². The summed E-state index contributed by atoms with van der Waals surface area (Å²) in [6.45, 7) is 9.95. The van der Waals surface area contributed by atoms with Gasteiger partial charge in [-0.3, -0.25) is 0 Å². The molecule has 0 unspecified atom stereocenters. The van der Waals surface area contributed by atoms with Crippen LogP contribution >= 0.6 is 11.6 Å². The van der Waals surface area contributed by atoms with E-state index in [2.05, 4.69) is 33.6 Å². The van der Waals surface area contributed by atoms with Gasteiger partial charge in [-0.1, -0.05) is 30.3 Å². The van der Waals surface area contributed by atoms with Crippen LogP contribution in [-0.4, -0.2) is 44.2 Å². The fourth-order valence-corrected chi connectivity index (χ4v) is 4.50. The molecule has 0 bridgehead atoms. The summed E-state index contributed by atoms with van der Waals surface area (Å²) in [5, 5.41) is 1.24. The quantitative estimate of drug-likeness (QED) is 0.489. The van der Waals surface area contributed by atoms with Crippen molar-refractivity contribution >= 4 is 28.7 Å².